The van der Waals surface area contributed by atoms with E-state index in [9.17, 15) is 60.7 Å². The number of esters is 2. The molecule has 20 nitrogen and oxygen atoms in total. The van der Waals surface area contributed by atoms with Crippen molar-refractivity contribution in [2.24, 2.45) is 35.5 Å². The maximum Gasteiger partial charge on any atom is 0.373 e. The lowest BCUT2D eigenvalue weighted by Crippen LogP contribution is -2.60. The smallest absolute Gasteiger partial charge is 0.373 e. The molecular formula is C42H66O20. The van der Waals surface area contributed by atoms with Gasteiger partial charge < -0.3 is 89.0 Å². The molecule has 4 fully saturated rings. The molecule has 0 aromatic carbocycles. The lowest BCUT2D eigenvalue weighted by Gasteiger charge is -2.44. The quantitative estimate of drug-likeness (QED) is 0.0749. The minimum Gasteiger partial charge on any atom is -0.471 e. The number of aliphatic hydroxyl groups is 10. The van der Waals surface area contributed by atoms with E-state index in [1.807, 2.05) is 13.8 Å². The van der Waals surface area contributed by atoms with E-state index in [0.29, 0.717) is 32.1 Å². The van der Waals surface area contributed by atoms with E-state index in [1.54, 1.807) is 19.9 Å². The normalized spacial score (nSPS) is 43.8. The molecule has 0 aromatic heterocycles. The minimum absolute atomic E-state index is 0.0161. The molecule has 0 aromatic rings. The Bertz CT molecular complexity index is 1580. The molecule has 0 bridgehead atoms. The van der Waals surface area contributed by atoms with Crippen LogP contribution in [0.2, 0.25) is 0 Å². The van der Waals surface area contributed by atoms with Gasteiger partial charge in [0.25, 0.3) is 0 Å². The Kier molecular flexibility index (Phi) is 16.0. The Morgan fingerprint density at radius 3 is 1.89 bits per heavy atom. The molecule has 0 unspecified atom stereocenters. The van der Waals surface area contributed by atoms with Crippen molar-refractivity contribution >= 4 is 11.9 Å². The Hall–Kier alpha value is -2.54. The summed E-state index contributed by atoms with van der Waals surface area (Å²) in [6.07, 6.45) is -10.4. The van der Waals surface area contributed by atoms with Gasteiger partial charge in [0.05, 0.1) is 61.3 Å². The van der Waals surface area contributed by atoms with E-state index in [-0.39, 0.29) is 42.3 Å². The van der Waals surface area contributed by atoms with Gasteiger partial charge in [-0.3, -0.25) is 0 Å². The number of carbonyl (C=O) groups excluding carboxylic acids is 2. The molecule has 0 spiro atoms. The van der Waals surface area contributed by atoms with Crippen LogP contribution in [0.1, 0.15) is 79.1 Å². The molecule has 20 heteroatoms. The molecule has 2 aliphatic carbocycles. The highest BCUT2D eigenvalue weighted by Gasteiger charge is 2.57. The third kappa shape index (κ3) is 10.6. The van der Waals surface area contributed by atoms with E-state index in [4.69, 9.17) is 37.9 Å². The van der Waals surface area contributed by atoms with E-state index >= 15 is 0 Å². The Balaban J connectivity index is 0.926. The van der Waals surface area contributed by atoms with Gasteiger partial charge in [-0.2, -0.15) is 0 Å². The highest BCUT2D eigenvalue weighted by molar-refractivity contribution is 5.89. The average Bonchev–Trinajstić information content (AvgIpc) is 3.74. The van der Waals surface area contributed by atoms with Crippen LogP contribution < -0.4 is 0 Å². The Labute approximate surface area is 359 Å². The molecule has 62 heavy (non-hydrogen) atoms. The number of hydrogen-bond acceptors (Lipinski definition) is 20. The zero-order chi connectivity index (χ0) is 45.3. The predicted molar refractivity (Wildman–Crippen MR) is 208 cm³/mol. The van der Waals surface area contributed by atoms with Gasteiger partial charge in [0, 0.05) is 5.92 Å². The summed E-state index contributed by atoms with van der Waals surface area (Å²) in [5, 5.41) is 103. The number of rotatable bonds is 17. The summed E-state index contributed by atoms with van der Waals surface area (Å²) < 4.78 is 45.6. The number of fused-ring (bicyclic) bond motifs is 2. The maximum atomic E-state index is 13.3. The molecular weight excluding hydrogens is 824 g/mol. The second-order valence-electron chi connectivity index (χ2n) is 18.5. The molecule has 10 N–H and O–H groups in total. The molecule has 354 valence electrons. The fraction of sp³-hybridized carbons (Fsp3) is 0.857. The lowest BCUT2D eigenvalue weighted by atomic mass is 9.81. The van der Waals surface area contributed by atoms with Crippen LogP contribution in [0, 0.1) is 35.5 Å². The summed E-state index contributed by atoms with van der Waals surface area (Å²) in [7, 11) is 0. The van der Waals surface area contributed by atoms with Crippen molar-refractivity contribution in [1.82, 2.24) is 0 Å². The average molecular weight is 891 g/mol. The summed E-state index contributed by atoms with van der Waals surface area (Å²) in [5.74, 6) is -3.54. The van der Waals surface area contributed by atoms with Gasteiger partial charge in [-0.1, -0.05) is 26.7 Å². The third-order valence-electron chi connectivity index (χ3n) is 13.6. The number of aliphatic hydroxyl groups excluding tert-OH is 8. The van der Waals surface area contributed by atoms with Crippen molar-refractivity contribution < 1.29 is 98.5 Å². The number of carbonyl (C=O) groups is 2. The van der Waals surface area contributed by atoms with Crippen molar-refractivity contribution in [3.63, 3.8) is 0 Å². The first-order chi connectivity index (χ1) is 29.3. The van der Waals surface area contributed by atoms with Crippen LogP contribution in [0.3, 0.4) is 0 Å². The molecule has 4 heterocycles. The second-order valence-corrected chi connectivity index (χ2v) is 18.5. The van der Waals surface area contributed by atoms with Gasteiger partial charge in [0.1, 0.15) is 48.8 Å². The number of hydrogen-bond donors (Lipinski definition) is 10. The minimum atomic E-state index is -1.70. The van der Waals surface area contributed by atoms with Gasteiger partial charge in [-0.25, -0.2) is 9.59 Å². The summed E-state index contributed by atoms with van der Waals surface area (Å²) in [6.45, 7) is 6.12. The van der Waals surface area contributed by atoms with Crippen molar-refractivity contribution in [3.8, 4) is 0 Å². The molecule has 0 radical (unpaired) electrons. The van der Waals surface area contributed by atoms with Crippen LogP contribution in [0.4, 0.5) is 0 Å². The molecule has 6 aliphatic rings. The highest BCUT2D eigenvalue weighted by Crippen LogP contribution is 2.50. The molecule has 6 rings (SSSR count). The molecule has 20 atom stereocenters. The largest absolute Gasteiger partial charge is 0.471 e. The molecule has 2 saturated carbocycles. The van der Waals surface area contributed by atoms with Crippen molar-refractivity contribution in [1.29, 1.82) is 0 Å². The predicted octanol–water partition coefficient (Wildman–Crippen LogP) is -1.43. The van der Waals surface area contributed by atoms with Crippen molar-refractivity contribution in [3.05, 3.63) is 23.7 Å². The summed E-state index contributed by atoms with van der Waals surface area (Å²) in [4.78, 5) is 26.5. The Morgan fingerprint density at radius 1 is 0.710 bits per heavy atom. The van der Waals surface area contributed by atoms with Gasteiger partial charge >= 0.3 is 11.9 Å². The fourth-order valence-corrected chi connectivity index (χ4v) is 9.69. The van der Waals surface area contributed by atoms with Gasteiger partial charge in [0.15, 0.2) is 12.6 Å². The molecule has 4 aliphatic heterocycles. The van der Waals surface area contributed by atoms with E-state index in [0.717, 1.165) is 19.3 Å². The van der Waals surface area contributed by atoms with Crippen molar-refractivity contribution in [2.75, 3.05) is 26.4 Å². The van der Waals surface area contributed by atoms with E-state index < -0.39 is 128 Å². The van der Waals surface area contributed by atoms with Gasteiger partial charge in [-0.15, -0.1) is 0 Å². The third-order valence-corrected chi connectivity index (χ3v) is 13.6. The highest BCUT2D eigenvalue weighted by atomic mass is 16.8. The maximum absolute atomic E-state index is 13.3. The monoisotopic (exact) mass is 890 g/mol. The SMILES string of the molecule is C[C@H](CCC[C@H](C)COC(=O)C1=C[C@H]2CC[C@@](C)(O)[C@H]2[C@H](O[C@H]2O[C@@H](CO)[C@H](O)[C@@H](O)[C@@H]2O)O1)CCOC(=O)C1=CO[C@H](O[C@H]2O[C@@H](CO)[C@H](O)[C@@H](O)[C@@H]2O)[C@H]2[C@@H]1CC[C@@]2(C)O. The second kappa shape index (κ2) is 20.3. The lowest BCUT2D eigenvalue weighted by molar-refractivity contribution is -0.347. The zero-order valence-corrected chi connectivity index (χ0v) is 35.6. The van der Waals surface area contributed by atoms with Crippen LogP contribution in [0.15, 0.2) is 23.7 Å². The van der Waals surface area contributed by atoms with Gasteiger partial charge in [-0.05, 0) is 76.2 Å². The van der Waals surface area contributed by atoms with Crippen LogP contribution >= 0.6 is 0 Å². The van der Waals surface area contributed by atoms with Gasteiger partial charge in [0.2, 0.25) is 18.3 Å². The summed E-state index contributed by atoms with van der Waals surface area (Å²) in [5.41, 5.74) is -2.34. The topological polar surface area (TPSA) is 310 Å². The summed E-state index contributed by atoms with van der Waals surface area (Å²) in [6, 6.07) is 0. The fourth-order valence-electron chi connectivity index (χ4n) is 9.69. The number of allylic oxidation sites excluding steroid dienone is 1. The van der Waals surface area contributed by atoms with Crippen molar-refractivity contribution in [2.45, 2.75) is 164 Å². The zero-order valence-electron chi connectivity index (χ0n) is 35.6. The van der Waals surface area contributed by atoms with E-state index in [2.05, 4.69) is 0 Å². The van der Waals surface area contributed by atoms with Crippen LogP contribution in [-0.2, 0) is 47.5 Å². The molecule has 0 amide bonds. The molecule has 2 saturated heterocycles. The van der Waals surface area contributed by atoms with E-state index in [1.165, 1.54) is 6.26 Å². The van der Waals surface area contributed by atoms with Crippen LogP contribution in [0.5, 0.6) is 0 Å². The van der Waals surface area contributed by atoms with Crippen LogP contribution in [0.25, 0.3) is 0 Å². The summed E-state index contributed by atoms with van der Waals surface area (Å²) >= 11 is 0. The first kappa shape index (κ1) is 48.9. The standard InChI is InChI=1S/C42H66O20/c1-19(10-13-55-35(51)23-18-57-37(28-22(23)9-12-42(28,4)54)61-39-33(49)31(47)29(45)25(15-43)59-39)6-5-7-20(2)17-56-36(52)24-14-21-8-11-41(3,53)27(21)38(58-24)62-40-34(50)32(48)30(46)26(16-44)60-40/h14,18-22,25-34,37-40,43-50,53-54H,5-13,15-17H2,1-4H3/t19-,20+,21-,22-,25+,26+,27-,28-,29+,30+,31-,32-,33+,34+,37-,38+,39-,40-,41-,42-/m1/s1. The Morgan fingerprint density at radius 2 is 1.27 bits per heavy atom. The first-order valence-corrected chi connectivity index (χ1v) is 21.7. The number of ether oxygens (including phenoxy) is 8. The van der Waals surface area contributed by atoms with Crippen LogP contribution in [-0.4, -0.2) is 175 Å². The first-order valence-electron chi connectivity index (χ1n) is 21.7.